The normalized spacial score (nSPS) is 13.5. The summed E-state index contributed by atoms with van der Waals surface area (Å²) < 4.78 is 42.7. The number of fused-ring (bicyclic) bond motifs is 3. The number of aromatic nitrogens is 2. The lowest BCUT2D eigenvalue weighted by atomic mass is 10.1. The first-order chi connectivity index (χ1) is 15.9. The van der Waals surface area contributed by atoms with Crippen LogP contribution in [0.2, 0.25) is 0 Å². The van der Waals surface area contributed by atoms with Gasteiger partial charge in [-0.15, -0.1) is 0 Å². The Hall–Kier alpha value is -3.07. The maximum atomic E-state index is 13.3. The summed E-state index contributed by atoms with van der Waals surface area (Å²) in [6, 6.07) is 9.35. The minimum absolute atomic E-state index is 0.171. The van der Waals surface area contributed by atoms with Gasteiger partial charge in [-0.3, -0.25) is 9.36 Å². The predicted molar refractivity (Wildman–Crippen MR) is 123 cm³/mol. The number of carbonyl (C=O) groups is 1. The van der Waals surface area contributed by atoms with Crippen LogP contribution in [0, 0.1) is 5.82 Å². The average molecular weight is 474 g/mol. The minimum Gasteiger partial charge on any atom is -0.489 e. The number of amides is 1. The summed E-state index contributed by atoms with van der Waals surface area (Å²) in [5.74, 6) is 0.139. The molecule has 1 aliphatic rings. The van der Waals surface area contributed by atoms with Crippen LogP contribution >= 0.6 is 7.60 Å². The standard InChI is InChI=1S/C22H24FN4O5P/c1-3-31-33(29,32-4-2)13-19(28)27-11-12-30-21-18(27)10-9-17-20(21)22(25-14-24-17)26-16-7-5-15(23)6-8-16/h5-10,14H,3-4,11-13H2,1-2H3,(H,24,25,26). The Balaban J connectivity index is 1.70. The molecular formula is C22H24FN4O5P. The molecule has 2 heterocycles. The van der Waals surface area contributed by atoms with Gasteiger partial charge in [0.15, 0.2) is 5.75 Å². The van der Waals surface area contributed by atoms with E-state index in [1.165, 1.54) is 23.4 Å². The number of anilines is 3. The first-order valence-corrected chi connectivity index (χ1v) is 12.3. The van der Waals surface area contributed by atoms with Crippen molar-refractivity contribution in [1.82, 2.24) is 9.97 Å². The molecule has 0 radical (unpaired) electrons. The van der Waals surface area contributed by atoms with Gasteiger partial charge in [-0.1, -0.05) is 0 Å². The molecule has 11 heteroatoms. The van der Waals surface area contributed by atoms with E-state index in [9.17, 15) is 13.8 Å². The molecule has 4 rings (SSSR count). The first kappa shape index (κ1) is 23.1. The highest BCUT2D eigenvalue weighted by atomic mass is 31.2. The number of nitrogens with zero attached hydrogens (tertiary/aromatic N) is 3. The molecule has 33 heavy (non-hydrogen) atoms. The number of carbonyl (C=O) groups excluding carboxylic acids is 1. The summed E-state index contributed by atoms with van der Waals surface area (Å²) in [5.41, 5.74) is 1.75. The fourth-order valence-electron chi connectivity index (χ4n) is 3.63. The van der Waals surface area contributed by atoms with Crippen molar-refractivity contribution in [3.63, 3.8) is 0 Å². The second kappa shape index (κ2) is 9.82. The number of benzene rings is 2. The number of rotatable bonds is 8. The highest BCUT2D eigenvalue weighted by molar-refractivity contribution is 7.54. The van der Waals surface area contributed by atoms with E-state index in [1.54, 1.807) is 38.1 Å². The molecule has 0 atom stereocenters. The summed E-state index contributed by atoms with van der Waals surface area (Å²) in [4.78, 5) is 23.3. The molecule has 3 aromatic rings. The van der Waals surface area contributed by atoms with Crippen molar-refractivity contribution < 1.29 is 27.5 Å². The monoisotopic (exact) mass is 474 g/mol. The Morgan fingerprint density at radius 1 is 1.15 bits per heavy atom. The van der Waals surface area contributed by atoms with E-state index >= 15 is 0 Å². The van der Waals surface area contributed by atoms with E-state index in [-0.39, 0.29) is 38.3 Å². The lowest BCUT2D eigenvalue weighted by Crippen LogP contribution is -2.39. The van der Waals surface area contributed by atoms with Gasteiger partial charge in [0, 0.05) is 5.69 Å². The summed E-state index contributed by atoms with van der Waals surface area (Å²) in [6.45, 7) is 4.25. The fourth-order valence-corrected chi connectivity index (χ4v) is 5.17. The molecule has 0 aliphatic carbocycles. The topological polar surface area (TPSA) is 103 Å². The van der Waals surface area contributed by atoms with E-state index in [1.807, 2.05) is 0 Å². The second-order valence-corrected chi connectivity index (χ2v) is 9.21. The van der Waals surface area contributed by atoms with Crippen LogP contribution in [0.3, 0.4) is 0 Å². The minimum atomic E-state index is -3.56. The van der Waals surface area contributed by atoms with Gasteiger partial charge in [-0.05, 0) is 50.2 Å². The van der Waals surface area contributed by atoms with Gasteiger partial charge in [-0.25, -0.2) is 14.4 Å². The summed E-state index contributed by atoms with van der Waals surface area (Å²) in [7, 11) is -3.56. The molecule has 1 amide bonds. The van der Waals surface area contributed by atoms with Crippen molar-refractivity contribution in [2.24, 2.45) is 0 Å². The van der Waals surface area contributed by atoms with Crippen LogP contribution in [0.5, 0.6) is 5.75 Å². The van der Waals surface area contributed by atoms with Crippen LogP contribution < -0.4 is 15.0 Å². The summed E-state index contributed by atoms with van der Waals surface area (Å²) in [6.07, 6.45) is 1.03. The molecule has 2 aromatic carbocycles. The van der Waals surface area contributed by atoms with Crippen molar-refractivity contribution in [2.45, 2.75) is 13.8 Å². The Labute approximate surface area is 190 Å². The largest absolute Gasteiger partial charge is 0.489 e. The van der Waals surface area contributed by atoms with Crippen molar-refractivity contribution in [3.05, 3.63) is 48.5 Å². The quantitative estimate of drug-likeness (QED) is 0.476. The number of hydrogen-bond acceptors (Lipinski definition) is 8. The summed E-state index contributed by atoms with van der Waals surface area (Å²) in [5, 5.41) is 3.73. The van der Waals surface area contributed by atoms with E-state index < -0.39 is 13.5 Å². The molecule has 0 unspecified atom stereocenters. The third-order valence-electron chi connectivity index (χ3n) is 4.98. The molecule has 1 aliphatic heterocycles. The van der Waals surface area contributed by atoms with Crippen LogP contribution in [-0.2, 0) is 18.4 Å². The smallest absolute Gasteiger partial charge is 0.340 e. The maximum absolute atomic E-state index is 13.3. The molecule has 174 valence electrons. The molecule has 1 N–H and O–H groups in total. The predicted octanol–water partition coefficient (Wildman–Crippen LogP) is 4.50. The highest BCUT2D eigenvalue weighted by Gasteiger charge is 2.34. The van der Waals surface area contributed by atoms with Crippen molar-refractivity contribution in [1.29, 1.82) is 0 Å². The van der Waals surface area contributed by atoms with Gasteiger partial charge in [0.25, 0.3) is 0 Å². The van der Waals surface area contributed by atoms with E-state index in [4.69, 9.17) is 13.8 Å². The van der Waals surface area contributed by atoms with E-state index in [0.717, 1.165) is 0 Å². The van der Waals surface area contributed by atoms with Crippen molar-refractivity contribution in [3.8, 4) is 5.75 Å². The zero-order chi connectivity index (χ0) is 23.4. The molecule has 0 fully saturated rings. The Morgan fingerprint density at radius 3 is 2.58 bits per heavy atom. The second-order valence-electron chi connectivity index (χ2n) is 7.16. The van der Waals surface area contributed by atoms with E-state index in [2.05, 4.69) is 15.3 Å². The van der Waals surface area contributed by atoms with Crippen LogP contribution in [0.15, 0.2) is 42.7 Å². The molecular weight excluding hydrogens is 450 g/mol. The SMILES string of the molecule is CCOP(=O)(CC(=O)N1CCOc2c1ccc1ncnc(Nc3ccc(F)cc3)c21)OCC. The van der Waals surface area contributed by atoms with Gasteiger partial charge < -0.3 is 24.0 Å². The van der Waals surface area contributed by atoms with Crippen LogP contribution in [0.1, 0.15) is 13.8 Å². The van der Waals surface area contributed by atoms with Gasteiger partial charge in [0.1, 0.15) is 30.7 Å². The summed E-state index contributed by atoms with van der Waals surface area (Å²) >= 11 is 0. The first-order valence-electron chi connectivity index (χ1n) is 10.6. The molecule has 0 saturated carbocycles. The molecule has 0 spiro atoms. The third kappa shape index (κ3) is 4.98. The van der Waals surface area contributed by atoms with Crippen molar-refractivity contribution >= 4 is 41.6 Å². The van der Waals surface area contributed by atoms with E-state index in [0.29, 0.717) is 33.8 Å². The number of nitrogens with one attached hydrogen (secondary N) is 1. The van der Waals surface area contributed by atoms with Gasteiger partial charge in [0.2, 0.25) is 5.91 Å². The zero-order valence-corrected chi connectivity index (χ0v) is 19.2. The molecule has 9 nitrogen and oxygen atoms in total. The Morgan fingerprint density at radius 2 is 1.88 bits per heavy atom. The maximum Gasteiger partial charge on any atom is 0.340 e. The lowest BCUT2D eigenvalue weighted by molar-refractivity contribution is -0.116. The highest BCUT2D eigenvalue weighted by Crippen LogP contribution is 2.49. The van der Waals surface area contributed by atoms with Crippen LogP contribution in [0.4, 0.5) is 21.6 Å². The zero-order valence-electron chi connectivity index (χ0n) is 18.3. The Bertz CT molecular complexity index is 1200. The molecule has 1 aromatic heterocycles. The van der Waals surface area contributed by atoms with Gasteiger partial charge in [0.05, 0.1) is 36.3 Å². The van der Waals surface area contributed by atoms with Crippen LogP contribution in [-0.4, -0.2) is 48.4 Å². The lowest BCUT2D eigenvalue weighted by Gasteiger charge is -2.31. The number of halogens is 1. The van der Waals surface area contributed by atoms with Gasteiger partial charge >= 0.3 is 7.60 Å². The molecule has 0 bridgehead atoms. The molecule has 0 saturated heterocycles. The number of hydrogen-bond donors (Lipinski definition) is 1. The number of ether oxygens (including phenoxy) is 1. The third-order valence-corrected chi connectivity index (χ3v) is 6.94. The van der Waals surface area contributed by atoms with Crippen LogP contribution in [0.25, 0.3) is 10.9 Å². The average Bonchev–Trinajstić information content (AvgIpc) is 2.80. The Kier molecular flexibility index (Phi) is 6.88. The van der Waals surface area contributed by atoms with Gasteiger partial charge in [-0.2, -0.15) is 0 Å². The van der Waals surface area contributed by atoms with Crippen molar-refractivity contribution in [2.75, 3.05) is 42.7 Å². The fraction of sp³-hybridized carbons (Fsp3) is 0.318.